The van der Waals surface area contributed by atoms with Gasteiger partial charge in [-0.3, -0.25) is 4.68 Å². The lowest BCUT2D eigenvalue weighted by Gasteiger charge is -2.04. The number of halogens is 3. The standard InChI is InChI=1S/C12H10F3N7/c1-21-6-3-7(19-21)8-9(12(13,14)15)20-22(10(8)16)11-17-4-2-5-18-11/h2-6H,16H2,1H3. The van der Waals surface area contributed by atoms with Crippen LogP contribution in [0.25, 0.3) is 17.2 Å². The molecule has 0 spiro atoms. The monoisotopic (exact) mass is 309 g/mol. The highest BCUT2D eigenvalue weighted by molar-refractivity contribution is 5.75. The maximum atomic E-state index is 13.2. The van der Waals surface area contributed by atoms with E-state index >= 15 is 0 Å². The molecule has 3 heterocycles. The van der Waals surface area contributed by atoms with Crippen molar-refractivity contribution in [1.29, 1.82) is 0 Å². The van der Waals surface area contributed by atoms with Gasteiger partial charge in [0.05, 0.1) is 11.3 Å². The molecule has 0 unspecified atom stereocenters. The van der Waals surface area contributed by atoms with Gasteiger partial charge in [0.15, 0.2) is 5.69 Å². The lowest BCUT2D eigenvalue weighted by Crippen LogP contribution is -2.09. The van der Waals surface area contributed by atoms with Crippen molar-refractivity contribution in [3.8, 4) is 17.2 Å². The summed E-state index contributed by atoms with van der Waals surface area (Å²) in [5.74, 6) is -0.273. The smallest absolute Gasteiger partial charge is 0.383 e. The van der Waals surface area contributed by atoms with Crippen LogP contribution in [0.5, 0.6) is 0 Å². The minimum absolute atomic E-state index is 0.0484. The van der Waals surface area contributed by atoms with Crippen molar-refractivity contribution in [1.82, 2.24) is 29.5 Å². The Kier molecular flexibility index (Phi) is 3.08. The van der Waals surface area contributed by atoms with Crippen molar-refractivity contribution in [2.75, 3.05) is 5.73 Å². The fraction of sp³-hybridized carbons (Fsp3) is 0.167. The number of nitrogens with zero attached hydrogens (tertiary/aromatic N) is 6. The van der Waals surface area contributed by atoms with E-state index in [1.165, 1.54) is 35.4 Å². The van der Waals surface area contributed by atoms with E-state index in [-0.39, 0.29) is 23.0 Å². The highest BCUT2D eigenvalue weighted by Crippen LogP contribution is 2.39. The molecule has 2 N–H and O–H groups in total. The van der Waals surface area contributed by atoms with Crippen LogP contribution in [-0.2, 0) is 13.2 Å². The van der Waals surface area contributed by atoms with Gasteiger partial charge < -0.3 is 5.73 Å². The van der Waals surface area contributed by atoms with Gasteiger partial charge >= 0.3 is 6.18 Å². The van der Waals surface area contributed by atoms with E-state index in [2.05, 4.69) is 20.2 Å². The second-order valence-corrected chi connectivity index (χ2v) is 4.44. The SMILES string of the molecule is Cn1ccc(-c2c(C(F)(F)F)nn(-c3ncccn3)c2N)n1. The molecule has 0 saturated carbocycles. The van der Waals surface area contributed by atoms with Crippen LogP contribution in [0.2, 0.25) is 0 Å². The quantitative estimate of drug-likeness (QED) is 0.778. The number of aromatic nitrogens is 6. The highest BCUT2D eigenvalue weighted by atomic mass is 19.4. The van der Waals surface area contributed by atoms with Crippen molar-refractivity contribution >= 4 is 5.82 Å². The van der Waals surface area contributed by atoms with Gasteiger partial charge in [0.2, 0.25) is 0 Å². The zero-order chi connectivity index (χ0) is 15.9. The van der Waals surface area contributed by atoms with Gasteiger partial charge in [-0.05, 0) is 12.1 Å². The highest BCUT2D eigenvalue weighted by Gasteiger charge is 2.40. The molecule has 3 aromatic rings. The van der Waals surface area contributed by atoms with E-state index in [1.807, 2.05) is 0 Å². The summed E-state index contributed by atoms with van der Waals surface area (Å²) in [6, 6.07) is 2.96. The third-order valence-corrected chi connectivity index (χ3v) is 2.90. The summed E-state index contributed by atoms with van der Waals surface area (Å²) in [4.78, 5) is 7.72. The number of hydrogen-bond donors (Lipinski definition) is 1. The van der Waals surface area contributed by atoms with Crippen LogP contribution >= 0.6 is 0 Å². The molecule has 0 bridgehead atoms. The first kappa shape index (κ1) is 14.0. The van der Waals surface area contributed by atoms with Gasteiger partial charge in [-0.25, -0.2) is 9.97 Å². The van der Waals surface area contributed by atoms with Gasteiger partial charge in [-0.15, -0.1) is 0 Å². The Hall–Kier alpha value is -2.91. The third kappa shape index (κ3) is 2.28. The van der Waals surface area contributed by atoms with E-state index in [4.69, 9.17) is 5.73 Å². The first-order valence-corrected chi connectivity index (χ1v) is 6.11. The minimum atomic E-state index is -4.68. The first-order chi connectivity index (χ1) is 10.4. The summed E-state index contributed by atoms with van der Waals surface area (Å²) in [6.07, 6.45) is -0.388. The van der Waals surface area contributed by atoms with Gasteiger partial charge in [0.1, 0.15) is 5.82 Å². The Morgan fingerprint density at radius 1 is 1.14 bits per heavy atom. The normalized spacial score (nSPS) is 11.8. The Morgan fingerprint density at radius 3 is 2.36 bits per heavy atom. The Labute approximate surface area is 122 Å². The van der Waals surface area contributed by atoms with Crippen LogP contribution in [0.15, 0.2) is 30.7 Å². The number of alkyl halides is 3. The van der Waals surface area contributed by atoms with Crippen molar-refractivity contribution in [2.24, 2.45) is 7.05 Å². The average molecular weight is 309 g/mol. The number of nitrogen functional groups attached to an aromatic ring is 1. The summed E-state index contributed by atoms with van der Waals surface area (Å²) in [7, 11) is 1.59. The maximum absolute atomic E-state index is 13.2. The first-order valence-electron chi connectivity index (χ1n) is 6.11. The van der Waals surface area contributed by atoms with E-state index < -0.39 is 11.9 Å². The van der Waals surface area contributed by atoms with Gasteiger partial charge in [-0.1, -0.05) is 0 Å². The van der Waals surface area contributed by atoms with E-state index in [9.17, 15) is 13.2 Å². The van der Waals surface area contributed by atoms with Crippen LogP contribution in [-0.4, -0.2) is 29.5 Å². The van der Waals surface area contributed by atoms with Crippen molar-refractivity contribution < 1.29 is 13.2 Å². The molecule has 0 fully saturated rings. The summed E-state index contributed by atoms with van der Waals surface area (Å²) in [5, 5.41) is 7.49. The minimum Gasteiger partial charge on any atom is -0.383 e. The zero-order valence-electron chi connectivity index (χ0n) is 11.3. The summed E-state index contributed by atoms with van der Waals surface area (Å²) in [6.45, 7) is 0. The van der Waals surface area contributed by atoms with Crippen molar-refractivity contribution in [2.45, 2.75) is 6.18 Å². The summed E-state index contributed by atoms with van der Waals surface area (Å²) < 4.78 is 42.0. The number of anilines is 1. The van der Waals surface area contributed by atoms with Gasteiger partial charge in [-0.2, -0.15) is 28.1 Å². The molecule has 114 valence electrons. The largest absolute Gasteiger partial charge is 0.435 e. The van der Waals surface area contributed by atoms with Gasteiger partial charge in [0, 0.05) is 25.6 Å². The summed E-state index contributed by atoms with van der Waals surface area (Å²) in [5.41, 5.74) is 4.50. The fourth-order valence-corrected chi connectivity index (χ4v) is 1.98. The van der Waals surface area contributed by atoms with Crippen LogP contribution in [0.1, 0.15) is 5.69 Å². The number of nitrogens with two attached hydrogens (primary N) is 1. The molecule has 0 aliphatic rings. The molecular formula is C12H10F3N7. The second-order valence-electron chi connectivity index (χ2n) is 4.44. The molecular weight excluding hydrogens is 299 g/mol. The zero-order valence-corrected chi connectivity index (χ0v) is 11.3. The predicted octanol–water partition coefficient (Wildman–Crippen LogP) is 1.66. The molecule has 7 nitrogen and oxygen atoms in total. The third-order valence-electron chi connectivity index (χ3n) is 2.90. The molecule has 0 aliphatic heterocycles. The maximum Gasteiger partial charge on any atom is 0.435 e. The molecule has 0 radical (unpaired) electrons. The molecule has 0 atom stereocenters. The van der Waals surface area contributed by atoms with E-state index in [0.717, 1.165) is 4.68 Å². The van der Waals surface area contributed by atoms with Crippen molar-refractivity contribution in [3.63, 3.8) is 0 Å². The number of aryl methyl sites for hydroxylation is 1. The van der Waals surface area contributed by atoms with Gasteiger partial charge in [0.25, 0.3) is 5.95 Å². The molecule has 10 heteroatoms. The molecule has 3 rings (SSSR count). The van der Waals surface area contributed by atoms with Crippen molar-refractivity contribution in [3.05, 3.63) is 36.4 Å². The predicted molar refractivity (Wildman–Crippen MR) is 70.8 cm³/mol. The summed E-state index contributed by atoms with van der Waals surface area (Å²) >= 11 is 0. The van der Waals surface area contributed by atoms with Crippen LogP contribution in [0, 0.1) is 0 Å². The molecule has 22 heavy (non-hydrogen) atoms. The average Bonchev–Trinajstić information content (AvgIpc) is 3.03. The molecule has 0 amide bonds. The molecule has 0 aliphatic carbocycles. The Balaban J connectivity index is 2.26. The van der Waals surface area contributed by atoms with Crippen LogP contribution in [0.4, 0.5) is 19.0 Å². The lowest BCUT2D eigenvalue weighted by molar-refractivity contribution is -0.140. The Morgan fingerprint density at radius 2 is 1.82 bits per heavy atom. The molecule has 3 aromatic heterocycles. The lowest BCUT2D eigenvalue weighted by atomic mass is 10.1. The van der Waals surface area contributed by atoms with Crippen LogP contribution < -0.4 is 5.73 Å². The fourth-order valence-electron chi connectivity index (χ4n) is 1.98. The molecule has 0 saturated heterocycles. The topological polar surface area (TPSA) is 87.4 Å². The molecule has 0 aromatic carbocycles. The van der Waals surface area contributed by atoms with Crippen LogP contribution in [0.3, 0.4) is 0 Å². The Bertz CT molecular complexity index is 804. The number of rotatable bonds is 2. The van der Waals surface area contributed by atoms with E-state index in [0.29, 0.717) is 0 Å². The second kappa shape index (κ2) is 4.83. The number of hydrogen-bond acceptors (Lipinski definition) is 5. The van der Waals surface area contributed by atoms with E-state index in [1.54, 1.807) is 7.05 Å².